The van der Waals surface area contributed by atoms with Gasteiger partial charge in [-0.05, 0) is 31.2 Å². The van der Waals surface area contributed by atoms with Crippen LogP contribution in [0.15, 0.2) is 17.2 Å². The van der Waals surface area contributed by atoms with E-state index in [0.717, 1.165) is 37.1 Å². The lowest BCUT2D eigenvalue weighted by Gasteiger charge is -2.32. The predicted molar refractivity (Wildman–Crippen MR) is 90.9 cm³/mol. The van der Waals surface area contributed by atoms with Gasteiger partial charge in [0.05, 0.1) is 5.56 Å². The van der Waals surface area contributed by atoms with Gasteiger partial charge in [-0.15, -0.1) is 0 Å². The zero-order valence-corrected chi connectivity index (χ0v) is 14.5. The van der Waals surface area contributed by atoms with E-state index in [0.29, 0.717) is 17.9 Å². The number of nitrogens with one attached hydrogen (secondary N) is 2. The van der Waals surface area contributed by atoms with Crippen LogP contribution in [0.5, 0.6) is 0 Å². The average molecular weight is 331 g/mol. The summed E-state index contributed by atoms with van der Waals surface area (Å²) >= 11 is 0. The van der Waals surface area contributed by atoms with Gasteiger partial charge < -0.3 is 10.3 Å². The van der Waals surface area contributed by atoms with Gasteiger partial charge in [-0.1, -0.05) is 12.8 Å². The number of hydrogen-bond donors (Lipinski definition) is 2. The van der Waals surface area contributed by atoms with Crippen LogP contribution in [-0.4, -0.2) is 31.3 Å². The summed E-state index contributed by atoms with van der Waals surface area (Å²) in [4.78, 5) is 27.4. The number of carbonyl (C=O) groups excluding carboxylic acids is 1. The smallest absolute Gasteiger partial charge is 0.345 e. The van der Waals surface area contributed by atoms with Gasteiger partial charge >= 0.3 is 5.69 Å². The van der Waals surface area contributed by atoms with Crippen molar-refractivity contribution >= 4 is 5.91 Å². The van der Waals surface area contributed by atoms with E-state index in [1.807, 2.05) is 13.1 Å². The molecular weight excluding hydrogens is 306 g/mol. The summed E-state index contributed by atoms with van der Waals surface area (Å²) < 4.78 is 2.97. The Kier molecular flexibility index (Phi) is 4.59. The first-order valence-electron chi connectivity index (χ1n) is 8.50. The largest absolute Gasteiger partial charge is 0.367 e. The molecular formula is C17H25N5O2. The molecule has 3 rings (SSSR count). The van der Waals surface area contributed by atoms with Crippen LogP contribution in [0.4, 0.5) is 0 Å². The lowest BCUT2D eigenvalue weighted by molar-refractivity contribution is 0.0904. The van der Waals surface area contributed by atoms with Crippen molar-refractivity contribution in [3.63, 3.8) is 0 Å². The third-order valence-corrected chi connectivity index (χ3v) is 5.08. The second-order valence-corrected chi connectivity index (χ2v) is 6.76. The fourth-order valence-electron chi connectivity index (χ4n) is 3.60. The first kappa shape index (κ1) is 16.5. The van der Waals surface area contributed by atoms with Gasteiger partial charge in [0.15, 0.2) is 0 Å². The van der Waals surface area contributed by atoms with Crippen molar-refractivity contribution in [3.05, 3.63) is 39.8 Å². The maximum Gasteiger partial charge on any atom is 0.345 e. The summed E-state index contributed by atoms with van der Waals surface area (Å²) in [7, 11) is 3.42. The molecule has 1 fully saturated rings. The molecule has 0 aliphatic heterocycles. The number of hydrogen-bond acceptors (Lipinski definition) is 3. The molecule has 24 heavy (non-hydrogen) atoms. The maximum absolute atomic E-state index is 12.5. The van der Waals surface area contributed by atoms with E-state index in [1.165, 1.54) is 4.68 Å². The molecule has 0 bridgehead atoms. The molecule has 130 valence electrons. The number of carbonyl (C=O) groups is 1. The molecule has 0 spiro atoms. The van der Waals surface area contributed by atoms with Crippen LogP contribution in [0.1, 0.15) is 47.4 Å². The van der Waals surface area contributed by atoms with Crippen LogP contribution < -0.4 is 11.0 Å². The van der Waals surface area contributed by atoms with Crippen LogP contribution >= 0.6 is 0 Å². The van der Waals surface area contributed by atoms with Crippen molar-refractivity contribution < 1.29 is 4.79 Å². The minimum Gasteiger partial charge on any atom is -0.367 e. The first-order chi connectivity index (χ1) is 11.5. The van der Waals surface area contributed by atoms with Crippen molar-refractivity contribution in [3.8, 4) is 0 Å². The Morgan fingerprint density at radius 2 is 2.08 bits per heavy atom. The Balaban J connectivity index is 1.73. The summed E-state index contributed by atoms with van der Waals surface area (Å²) in [6.07, 6.45) is 8.57. The number of nitrogens with zero attached hydrogens (tertiary/aromatic N) is 3. The quantitative estimate of drug-likeness (QED) is 0.885. The Morgan fingerprint density at radius 1 is 1.33 bits per heavy atom. The van der Waals surface area contributed by atoms with Crippen LogP contribution in [-0.2, 0) is 20.5 Å². The van der Waals surface area contributed by atoms with Gasteiger partial charge in [-0.3, -0.25) is 9.36 Å². The van der Waals surface area contributed by atoms with E-state index < -0.39 is 0 Å². The lowest BCUT2D eigenvalue weighted by atomic mass is 9.82. The highest BCUT2D eigenvalue weighted by Gasteiger charge is 2.29. The Bertz CT molecular complexity index is 785. The second kappa shape index (κ2) is 6.67. The number of aromatic amines is 1. The molecule has 0 saturated heterocycles. The zero-order chi connectivity index (χ0) is 17.3. The number of aryl methyl sites for hydroxylation is 2. The molecule has 0 radical (unpaired) electrons. The predicted octanol–water partition coefficient (Wildman–Crippen LogP) is 1.29. The SMILES string of the molecule is Cc1c[nH]cc1C(=O)N[C@@H]1CCCC[C@@H]1Cc1nn(C)c(=O)n1C. The van der Waals surface area contributed by atoms with Crippen LogP contribution in [0.3, 0.4) is 0 Å². The molecule has 1 aliphatic rings. The van der Waals surface area contributed by atoms with E-state index >= 15 is 0 Å². The molecule has 7 heteroatoms. The molecule has 2 aromatic heterocycles. The summed E-state index contributed by atoms with van der Waals surface area (Å²) in [5.74, 6) is 1.06. The molecule has 2 heterocycles. The average Bonchev–Trinajstić information content (AvgIpc) is 3.09. The van der Waals surface area contributed by atoms with Crippen LogP contribution in [0, 0.1) is 12.8 Å². The molecule has 0 unspecified atom stereocenters. The van der Waals surface area contributed by atoms with Gasteiger partial charge in [0, 0.05) is 39.0 Å². The molecule has 7 nitrogen and oxygen atoms in total. The fourth-order valence-corrected chi connectivity index (χ4v) is 3.60. The first-order valence-corrected chi connectivity index (χ1v) is 8.50. The highest BCUT2D eigenvalue weighted by atomic mass is 16.2. The second-order valence-electron chi connectivity index (χ2n) is 6.76. The minimum atomic E-state index is -0.107. The highest BCUT2D eigenvalue weighted by molar-refractivity contribution is 5.95. The minimum absolute atomic E-state index is 0.0273. The summed E-state index contributed by atoms with van der Waals surface area (Å²) in [5.41, 5.74) is 1.54. The third kappa shape index (κ3) is 3.16. The molecule has 0 aromatic carbocycles. The van der Waals surface area contributed by atoms with Gasteiger partial charge in [0.2, 0.25) is 0 Å². The Labute approximate surface area is 141 Å². The van der Waals surface area contributed by atoms with Crippen molar-refractivity contribution in [2.75, 3.05) is 0 Å². The molecule has 1 aliphatic carbocycles. The van der Waals surface area contributed by atoms with Gasteiger partial charge in [0.1, 0.15) is 5.82 Å². The van der Waals surface area contributed by atoms with Crippen molar-refractivity contribution in [1.29, 1.82) is 0 Å². The fraction of sp³-hybridized carbons (Fsp3) is 0.588. The van der Waals surface area contributed by atoms with E-state index in [2.05, 4.69) is 15.4 Å². The lowest BCUT2D eigenvalue weighted by Crippen LogP contribution is -2.43. The van der Waals surface area contributed by atoms with Gasteiger partial charge in [-0.2, -0.15) is 5.10 Å². The normalized spacial score (nSPS) is 21.0. The number of rotatable bonds is 4. The standard InChI is InChI=1S/C17H25N5O2/c1-11-9-18-10-13(11)16(23)19-14-7-5-4-6-12(14)8-15-20-22(3)17(24)21(15)2/h9-10,12,14,18H,4-8H2,1-3H3,(H,19,23)/t12-,14-/m1/s1. The third-order valence-electron chi connectivity index (χ3n) is 5.08. The van der Waals surface area contributed by atoms with Crippen molar-refractivity contribution in [1.82, 2.24) is 24.6 Å². The van der Waals surface area contributed by atoms with Crippen LogP contribution in [0.25, 0.3) is 0 Å². The molecule has 2 atom stereocenters. The summed E-state index contributed by atoms with van der Waals surface area (Å²) in [6, 6.07) is 0.123. The summed E-state index contributed by atoms with van der Waals surface area (Å²) in [6.45, 7) is 1.92. The van der Waals surface area contributed by atoms with E-state index in [-0.39, 0.29) is 17.6 Å². The van der Waals surface area contributed by atoms with Crippen molar-refractivity contribution in [2.45, 2.75) is 45.1 Å². The van der Waals surface area contributed by atoms with E-state index in [4.69, 9.17) is 0 Å². The zero-order valence-electron chi connectivity index (χ0n) is 14.5. The molecule has 2 aromatic rings. The number of amides is 1. The molecule has 1 amide bonds. The maximum atomic E-state index is 12.5. The van der Waals surface area contributed by atoms with Gasteiger partial charge in [0.25, 0.3) is 5.91 Å². The van der Waals surface area contributed by atoms with Crippen molar-refractivity contribution in [2.24, 2.45) is 20.0 Å². The Morgan fingerprint density at radius 3 is 2.71 bits per heavy atom. The molecule has 1 saturated carbocycles. The number of aromatic nitrogens is 4. The van der Waals surface area contributed by atoms with Gasteiger partial charge in [-0.25, -0.2) is 9.48 Å². The number of H-pyrrole nitrogens is 1. The molecule has 2 N–H and O–H groups in total. The van der Waals surface area contributed by atoms with E-state index in [1.54, 1.807) is 24.9 Å². The summed E-state index contributed by atoms with van der Waals surface area (Å²) in [5, 5.41) is 7.52. The Hall–Kier alpha value is -2.31. The van der Waals surface area contributed by atoms with E-state index in [9.17, 15) is 9.59 Å². The topological polar surface area (TPSA) is 84.7 Å². The van der Waals surface area contributed by atoms with Crippen LogP contribution in [0.2, 0.25) is 0 Å². The monoisotopic (exact) mass is 331 g/mol. The highest BCUT2D eigenvalue weighted by Crippen LogP contribution is 2.27.